The highest BCUT2D eigenvalue weighted by molar-refractivity contribution is 7.18. The zero-order valence-corrected chi connectivity index (χ0v) is 15.9. The lowest BCUT2D eigenvalue weighted by Gasteiger charge is -2.11. The van der Waals surface area contributed by atoms with Crippen molar-refractivity contribution in [1.82, 2.24) is 9.97 Å². The Kier molecular flexibility index (Phi) is 5.19. The zero-order chi connectivity index (χ0) is 19.6. The van der Waals surface area contributed by atoms with Gasteiger partial charge in [-0.3, -0.25) is 4.79 Å². The Morgan fingerprint density at radius 2 is 2.04 bits per heavy atom. The first-order valence-electron chi connectivity index (χ1n) is 8.28. The fourth-order valence-electron chi connectivity index (χ4n) is 2.57. The number of rotatable bonds is 4. The van der Waals surface area contributed by atoms with Gasteiger partial charge in [-0.05, 0) is 50.1 Å². The predicted octanol–water partition coefficient (Wildman–Crippen LogP) is 3.79. The van der Waals surface area contributed by atoms with E-state index in [1.165, 1.54) is 17.4 Å². The molecule has 27 heavy (non-hydrogen) atoms. The van der Waals surface area contributed by atoms with Gasteiger partial charge >= 0.3 is 5.97 Å². The molecule has 7 heteroatoms. The van der Waals surface area contributed by atoms with Crippen LogP contribution >= 0.6 is 11.3 Å². The highest BCUT2D eigenvalue weighted by atomic mass is 32.1. The fraction of sp³-hybridized carbons (Fsp3) is 0.200. The molecule has 136 valence electrons. The standard InChI is InChI=1S/C20H17N3O3S/c1-11-13(3)27-20-17(11)19(25)22-18(23-20)12(2)26-16(24)9-8-14-4-6-15(10-21)7-5-14/h4-9,12H,1-3H3,(H,22,23,25)/b9-8+/t12-/m0/s1. The number of benzene rings is 1. The van der Waals surface area contributed by atoms with Gasteiger partial charge in [0.2, 0.25) is 0 Å². The molecular formula is C20H17N3O3S. The number of nitriles is 1. The van der Waals surface area contributed by atoms with Crippen LogP contribution in [0.4, 0.5) is 0 Å². The normalized spacial score (nSPS) is 12.2. The molecule has 0 spiro atoms. The Morgan fingerprint density at radius 3 is 2.70 bits per heavy atom. The van der Waals surface area contributed by atoms with Crippen LogP contribution in [0, 0.1) is 25.2 Å². The Hall–Kier alpha value is -3.24. The molecule has 0 aliphatic heterocycles. The lowest BCUT2D eigenvalue weighted by Crippen LogP contribution is -2.16. The van der Waals surface area contributed by atoms with Crippen LogP contribution in [0.15, 0.2) is 35.1 Å². The minimum Gasteiger partial charge on any atom is -0.451 e. The van der Waals surface area contributed by atoms with Crippen LogP contribution < -0.4 is 5.56 Å². The third-order valence-corrected chi connectivity index (χ3v) is 5.29. The Labute approximate surface area is 159 Å². The van der Waals surface area contributed by atoms with E-state index in [1.54, 1.807) is 37.3 Å². The lowest BCUT2D eigenvalue weighted by molar-refractivity contribution is -0.142. The Morgan fingerprint density at radius 1 is 1.33 bits per heavy atom. The molecule has 1 aromatic carbocycles. The number of nitrogens with one attached hydrogen (secondary N) is 1. The lowest BCUT2D eigenvalue weighted by atomic mass is 10.1. The van der Waals surface area contributed by atoms with Gasteiger partial charge in [0.25, 0.3) is 5.56 Å². The molecule has 2 heterocycles. The van der Waals surface area contributed by atoms with E-state index < -0.39 is 12.1 Å². The Balaban J connectivity index is 1.74. The molecule has 2 aromatic heterocycles. The summed E-state index contributed by atoms with van der Waals surface area (Å²) in [6, 6.07) is 8.85. The second-order valence-corrected chi connectivity index (χ2v) is 7.26. The molecule has 3 rings (SSSR count). The number of carbonyl (C=O) groups is 1. The van der Waals surface area contributed by atoms with E-state index in [4.69, 9.17) is 10.00 Å². The summed E-state index contributed by atoms with van der Waals surface area (Å²) in [4.78, 5) is 33.2. The topological polar surface area (TPSA) is 95.8 Å². The number of ether oxygens (including phenoxy) is 1. The molecule has 3 aromatic rings. The molecule has 0 bridgehead atoms. The average molecular weight is 379 g/mol. The van der Waals surface area contributed by atoms with Gasteiger partial charge in [-0.1, -0.05) is 12.1 Å². The first kappa shape index (κ1) is 18.5. The van der Waals surface area contributed by atoms with E-state index in [9.17, 15) is 9.59 Å². The summed E-state index contributed by atoms with van der Waals surface area (Å²) in [5, 5.41) is 9.37. The third-order valence-electron chi connectivity index (χ3n) is 4.19. The van der Waals surface area contributed by atoms with Crippen LogP contribution in [0.2, 0.25) is 0 Å². The number of hydrogen-bond acceptors (Lipinski definition) is 6. The van der Waals surface area contributed by atoms with E-state index in [0.29, 0.717) is 21.6 Å². The maximum Gasteiger partial charge on any atom is 0.331 e. The number of aromatic amines is 1. The van der Waals surface area contributed by atoms with Crippen molar-refractivity contribution in [2.75, 3.05) is 0 Å². The van der Waals surface area contributed by atoms with Crippen molar-refractivity contribution >= 4 is 33.6 Å². The molecule has 0 fully saturated rings. The van der Waals surface area contributed by atoms with Crippen molar-refractivity contribution in [2.24, 2.45) is 0 Å². The van der Waals surface area contributed by atoms with Crippen molar-refractivity contribution in [1.29, 1.82) is 5.26 Å². The van der Waals surface area contributed by atoms with Crippen molar-refractivity contribution < 1.29 is 9.53 Å². The van der Waals surface area contributed by atoms with E-state index in [0.717, 1.165) is 16.0 Å². The number of aryl methyl sites for hydroxylation is 2. The highest BCUT2D eigenvalue weighted by Crippen LogP contribution is 2.26. The molecule has 0 unspecified atom stereocenters. The van der Waals surface area contributed by atoms with Crippen LogP contribution in [0.25, 0.3) is 16.3 Å². The van der Waals surface area contributed by atoms with Gasteiger partial charge in [0.15, 0.2) is 11.9 Å². The number of aromatic nitrogens is 2. The number of fused-ring (bicyclic) bond motifs is 1. The first-order chi connectivity index (χ1) is 12.9. The van der Waals surface area contributed by atoms with Crippen LogP contribution in [-0.4, -0.2) is 15.9 Å². The number of hydrogen-bond donors (Lipinski definition) is 1. The maximum atomic E-state index is 12.3. The number of thiophene rings is 1. The smallest absolute Gasteiger partial charge is 0.331 e. The molecule has 1 N–H and O–H groups in total. The first-order valence-corrected chi connectivity index (χ1v) is 9.09. The molecule has 0 amide bonds. The van der Waals surface area contributed by atoms with E-state index in [1.807, 2.05) is 19.9 Å². The van der Waals surface area contributed by atoms with Gasteiger partial charge in [-0.2, -0.15) is 5.26 Å². The van der Waals surface area contributed by atoms with E-state index in [2.05, 4.69) is 9.97 Å². The molecule has 6 nitrogen and oxygen atoms in total. The summed E-state index contributed by atoms with van der Waals surface area (Å²) in [7, 11) is 0. The zero-order valence-electron chi connectivity index (χ0n) is 15.1. The average Bonchev–Trinajstić information content (AvgIpc) is 2.94. The number of nitrogens with zero attached hydrogens (tertiary/aromatic N) is 2. The highest BCUT2D eigenvalue weighted by Gasteiger charge is 2.17. The second-order valence-electron chi connectivity index (χ2n) is 6.06. The van der Waals surface area contributed by atoms with Crippen molar-refractivity contribution in [3.63, 3.8) is 0 Å². The molecule has 0 saturated carbocycles. The summed E-state index contributed by atoms with van der Waals surface area (Å²) < 4.78 is 5.34. The van der Waals surface area contributed by atoms with Gasteiger partial charge < -0.3 is 9.72 Å². The summed E-state index contributed by atoms with van der Waals surface area (Å²) in [5.74, 6) is -0.234. The van der Waals surface area contributed by atoms with E-state index >= 15 is 0 Å². The van der Waals surface area contributed by atoms with Gasteiger partial charge in [-0.25, -0.2) is 9.78 Å². The SMILES string of the molecule is Cc1sc2nc([C@H](C)OC(=O)/C=C/c3ccc(C#N)cc3)[nH]c(=O)c2c1C. The van der Waals surface area contributed by atoms with Crippen molar-refractivity contribution in [3.8, 4) is 6.07 Å². The third kappa shape index (κ3) is 3.96. The summed E-state index contributed by atoms with van der Waals surface area (Å²) in [5.41, 5.74) is 2.02. The van der Waals surface area contributed by atoms with Crippen LogP contribution in [0.5, 0.6) is 0 Å². The van der Waals surface area contributed by atoms with Crippen LogP contribution in [0.1, 0.15) is 40.4 Å². The molecule has 0 aliphatic rings. The quantitative estimate of drug-likeness (QED) is 0.549. The van der Waals surface area contributed by atoms with Crippen LogP contribution in [0.3, 0.4) is 0 Å². The Bertz CT molecular complexity index is 1130. The number of carbonyl (C=O) groups excluding carboxylic acids is 1. The fourth-order valence-corrected chi connectivity index (χ4v) is 3.60. The molecule has 1 atom stereocenters. The molecule has 0 radical (unpaired) electrons. The minimum absolute atomic E-state index is 0.229. The summed E-state index contributed by atoms with van der Waals surface area (Å²) >= 11 is 1.45. The van der Waals surface area contributed by atoms with Gasteiger partial charge in [-0.15, -0.1) is 11.3 Å². The van der Waals surface area contributed by atoms with Crippen molar-refractivity contribution in [2.45, 2.75) is 26.9 Å². The number of H-pyrrole nitrogens is 1. The summed E-state index contributed by atoms with van der Waals surface area (Å²) in [6.45, 7) is 5.49. The maximum absolute atomic E-state index is 12.3. The molecule has 0 aliphatic carbocycles. The molecule has 0 saturated heterocycles. The van der Waals surface area contributed by atoms with E-state index in [-0.39, 0.29) is 5.56 Å². The van der Waals surface area contributed by atoms with Gasteiger partial charge in [0.1, 0.15) is 4.83 Å². The largest absolute Gasteiger partial charge is 0.451 e. The number of esters is 1. The minimum atomic E-state index is -0.692. The van der Waals surface area contributed by atoms with Gasteiger partial charge in [0.05, 0.1) is 17.0 Å². The second kappa shape index (κ2) is 7.56. The van der Waals surface area contributed by atoms with Crippen LogP contribution in [-0.2, 0) is 9.53 Å². The summed E-state index contributed by atoms with van der Waals surface area (Å²) in [6.07, 6.45) is 2.21. The predicted molar refractivity (Wildman–Crippen MR) is 104 cm³/mol. The van der Waals surface area contributed by atoms with Crippen molar-refractivity contribution in [3.05, 3.63) is 68.1 Å². The monoisotopic (exact) mass is 379 g/mol. The molecular weight excluding hydrogens is 362 g/mol. The van der Waals surface area contributed by atoms with Gasteiger partial charge in [0, 0.05) is 11.0 Å².